The molecule has 1 N–H and O–H groups in total. The van der Waals surface area contributed by atoms with Gasteiger partial charge in [-0.1, -0.05) is 0 Å². The third-order valence-electron chi connectivity index (χ3n) is 2.32. The highest BCUT2D eigenvalue weighted by Crippen LogP contribution is 2.44. The van der Waals surface area contributed by atoms with E-state index in [9.17, 15) is 13.6 Å². The number of aromatic nitrogens is 1. The largest absolute Gasteiger partial charge is 0.586 e. The first kappa shape index (κ1) is 9.14. The summed E-state index contributed by atoms with van der Waals surface area (Å²) < 4.78 is 34.3. The van der Waals surface area contributed by atoms with E-state index in [1.165, 1.54) is 24.4 Å². The molecule has 16 heavy (non-hydrogen) atoms. The molecule has 0 saturated carbocycles. The number of fused-ring (bicyclic) bond motifs is 3. The molecule has 1 aliphatic heterocycles. The van der Waals surface area contributed by atoms with Crippen molar-refractivity contribution < 1.29 is 18.3 Å². The van der Waals surface area contributed by atoms with Crippen molar-refractivity contribution in [1.29, 1.82) is 0 Å². The van der Waals surface area contributed by atoms with Crippen molar-refractivity contribution in [3.63, 3.8) is 0 Å². The molecule has 1 aromatic carbocycles. The van der Waals surface area contributed by atoms with Gasteiger partial charge in [-0.15, -0.1) is 8.78 Å². The molecule has 3 rings (SSSR count). The molecule has 0 unspecified atom stereocenters. The van der Waals surface area contributed by atoms with Crippen molar-refractivity contribution >= 4 is 10.8 Å². The average molecular weight is 225 g/mol. The summed E-state index contributed by atoms with van der Waals surface area (Å²) in [5, 5.41) is 0.584. The fraction of sp³-hybridized carbons (Fsp3) is 0.100. The first-order chi connectivity index (χ1) is 7.57. The van der Waals surface area contributed by atoms with Crippen molar-refractivity contribution in [2.75, 3.05) is 0 Å². The van der Waals surface area contributed by atoms with E-state index in [1.54, 1.807) is 0 Å². The van der Waals surface area contributed by atoms with Crippen LogP contribution in [0.5, 0.6) is 11.5 Å². The van der Waals surface area contributed by atoms with Crippen LogP contribution in [0.3, 0.4) is 0 Å². The molecule has 0 atom stereocenters. The van der Waals surface area contributed by atoms with Crippen LogP contribution in [-0.2, 0) is 0 Å². The Morgan fingerprint density at radius 2 is 1.94 bits per heavy atom. The monoisotopic (exact) mass is 225 g/mol. The summed E-state index contributed by atoms with van der Waals surface area (Å²) in [5.74, 6) is -0.170. The zero-order chi connectivity index (χ0) is 11.3. The van der Waals surface area contributed by atoms with E-state index in [0.717, 1.165) is 0 Å². The summed E-state index contributed by atoms with van der Waals surface area (Å²) in [6, 6.07) is 4.19. The third-order valence-corrected chi connectivity index (χ3v) is 2.32. The molecular formula is C10H5F2NO3. The van der Waals surface area contributed by atoms with Crippen molar-refractivity contribution in [3.8, 4) is 11.5 Å². The van der Waals surface area contributed by atoms with Crippen molar-refractivity contribution in [3.05, 3.63) is 34.7 Å². The van der Waals surface area contributed by atoms with Crippen LogP contribution >= 0.6 is 0 Å². The van der Waals surface area contributed by atoms with E-state index in [0.29, 0.717) is 5.39 Å². The zero-order valence-electron chi connectivity index (χ0n) is 7.79. The molecule has 2 aromatic rings. The minimum Gasteiger partial charge on any atom is -0.395 e. The summed E-state index contributed by atoms with van der Waals surface area (Å²) in [5.41, 5.74) is -0.362. The van der Waals surface area contributed by atoms with Crippen LogP contribution in [0.2, 0.25) is 0 Å². The topological polar surface area (TPSA) is 51.3 Å². The first-order valence-corrected chi connectivity index (χ1v) is 4.47. The van der Waals surface area contributed by atoms with E-state index < -0.39 is 6.29 Å². The van der Waals surface area contributed by atoms with E-state index >= 15 is 0 Å². The first-order valence-electron chi connectivity index (χ1n) is 4.47. The van der Waals surface area contributed by atoms with Gasteiger partial charge in [0.05, 0.1) is 5.39 Å². The Morgan fingerprint density at radius 3 is 2.75 bits per heavy atom. The molecular weight excluding hydrogens is 220 g/mol. The second-order valence-corrected chi connectivity index (χ2v) is 3.33. The Balaban J connectivity index is 2.36. The van der Waals surface area contributed by atoms with Gasteiger partial charge in [0.15, 0.2) is 11.5 Å². The Labute approximate surface area is 87.4 Å². The Morgan fingerprint density at radius 1 is 1.12 bits per heavy atom. The Kier molecular flexibility index (Phi) is 1.55. The fourth-order valence-corrected chi connectivity index (χ4v) is 1.67. The molecule has 2 heterocycles. The van der Waals surface area contributed by atoms with Crippen LogP contribution in [0.25, 0.3) is 10.8 Å². The molecule has 0 amide bonds. The summed E-state index contributed by atoms with van der Waals surface area (Å²) in [4.78, 5) is 13.8. The van der Waals surface area contributed by atoms with Gasteiger partial charge < -0.3 is 14.5 Å². The average Bonchev–Trinajstić information content (AvgIpc) is 2.53. The van der Waals surface area contributed by atoms with Gasteiger partial charge in [0.1, 0.15) is 0 Å². The van der Waals surface area contributed by atoms with E-state index in [-0.39, 0.29) is 22.4 Å². The molecule has 1 aromatic heterocycles. The number of ether oxygens (including phenoxy) is 2. The molecule has 1 aliphatic rings. The number of hydrogen-bond donors (Lipinski definition) is 1. The highest BCUT2D eigenvalue weighted by Gasteiger charge is 2.44. The van der Waals surface area contributed by atoms with Gasteiger partial charge >= 0.3 is 6.29 Å². The van der Waals surface area contributed by atoms with Gasteiger partial charge in [-0.3, -0.25) is 4.79 Å². The van der Waals surface area contributed by atoms with Gasteiger partial charge in [0.25, 0.3) is 5.56 Å². The minimum atomic E-state index is -3.67. The molecule has 0 spiro atoms. The predicted molar refractivity (Wildman–Crippen MR) is 50.8 cm³/mol. The van der Waals surface area contributed by atoms with Crippen molar-refractivity contribution in [2.24, 2.45) is 0 Å². The normalized spacial score (nSPS) is 16.6. The maximum absolute atomic E-state index is 12.8. The highest BCUT2D eigenvalue weighted by molar-refractivity contribution is 5.90. The SMILES string of the molecule is O=c1[nH]ccc2c3c(ccc12)OC(F)(F)O3. The number of H-pyrrole nitrogens is 1. The number of pyridine rings is 1. The molecule has 82 valence electrons. The Hall–Kier alpha value is -2.11. The van der Waals surface area contributed by atoms with Gasteiger partial charge in [0, 0.05) is 11.6 Å². The van der Waals surface area contributed by atoms with Crippen molar-refractivity contribution in [1.82, 2.24) is 4.98 Å². The highest BCUT2D eigenvalue weighted by atomic mass is 19.3. The second-order valence-electron chi connectivity index (χ2n) is 3.33. The molecule has 4 nitrogen and oxygen atoms in total. The third kappa shape index (κ3) is 1.16. The van der Waals surface area contributed by atoms with Crippen molar-refractivity contribution in [2.45, 2.75) is 6.29 Å². The van der Waals surface area contributed by atoms with Crippen LogP contribution in [0, 0.1) is 0 Å². The lowest BCUT2D eigenvalue weighted by molar-refractivity contribution is -0.286. The zero-order valence-corrected chi connectivity index (χ0v) is 7.79. The van der Waals surface area contributed by atoms with Crippen LogP contribution < -0.4 is 15.0 Å². The molecule has 0 bridgehead atoms. The van der Waals surface area contributed by atoms with Gasteiger partial charge in [-0.2, -0.15) is 0 Å². The lowest BCUT2D eigenvalue weighted by Gasteiger charge is -2.04. The molecule has 6 heteroatoms. The molecule has 0 fully saturated rings. The molecule has 0 radical (unpaired) electrons. The molecule has 0 aliphatic carbocycles. The lowest BCUT2D eigenvalue weighted by atomic mass is 10.1. The second kappa shape index (κ2) is 2.72. The number of benzene rings is 1. The smallest absolute Gasteiger partial charge is 0.395 e. The quantitative estimate of drug-likeness (QED) is 0.744. The summed E-state index contributed by atoms with van der Waals surface area (Å²) in [7, 11) is 0. The van der Waals surface area contributed by atoms with Crippen LogP contribution in [-0.4, -0.2) is 11.3 Å². The number of halogens is 2. The van der Waals surface area contributed by atoms with E-state index in [4.69, 9.17) is 0 Å². The minimum absolute atomic E-state index is 0.0666. The van der Waals surface area contributed by atoms with Gasteiger partial charge in [-0.25, -0.2) is 0 Å². The van der Waals surface area contributed by atoms with Gasteiger partial charge in [0.2, 0.25) is 0 Å². The number of hydrogen-bond acceptors (Lipinski definition) is 3. The number of rotatable bonds is 0. The van der Waals surface area contributed by atoms with Crippen LogP contribution in [0.1, 0.15) is 0 Å². The summed E-state index contributed by atoms with van der Waals surface area (Å²) in [6.07, 6.45) is -2.30. The van der Waals surface area contributed by atoms with E-state index in [1.807, 2.05) is 0 Å². The van der Waals surface area contributed by atoms with E-state index in [2.05, 4.69) is 14.5 Å². The Bertz CT molecular complexity index is 635. The van der Waals surface area contributed by atoms with Crippen LogP contribution in [0.15, 0.2) is 29.2 Å². The standard InChI is InChI=1S/C10H5F2NO3/c11-10(12)15-7-2-1-6-5(8(7)16-10)3-4-13-9(6)14/h1-4H,(H,13,14). The maximum Gasteiger partial charge on any atom is 0.586 e. The number of aromatic amines is 1. The maximum atomic E-state index is 12.8. The lowest BCUT2D eigenvalue weighted by Crippen LogP contribution is -2.26. The number of alkyl halides is 2. The predicted octanol–water partition coefficient (Wildman–Crippen LogP) is 1.85. The summed E-state index contributed by atoms with van der Waals surface area (Å²) in [6.45, 7) is 0. The number of nitrogens with one attached hydrogen (secondary N) is 1. The fourth-order valence-electron chi connectivity index (χ4n) is 1.67. The van der Waals surface area contributed by atoms with Gasteiger partial charge in [-0.05, 0) is 18.2 Å². The molecule has 0 saturated heterocycles. The van der Waals surface area contributed by atoms with Crippen LogP contribution in [0.4, 0.5) is 8.78 Å². The summed E-state index contributed by atoms with van der Waals surface area (Å²) >= 11 is 0.